The number of carbonyl (C=O) groups is 2. The molecule has 10 heteroatoms. The van der Waals surface area contributed by atoms with Gasteiger partial charge in [0, 0.05) is 22.6 Å². The van der Waals surface area contributed by atoms with Gasteiger partial charge in [-0.25, -0.2) is 14.2 Å². The van der Waals surface area contributed by atoms with Crippen molar-refractivity contribution in [2.45, 2.75) is 83.3 Å². The van der Waals surface area contributed by atoms with E-state index in [1.54, 1.807) is 24.5 Å². The molecule has 40 heavy (non-hydrogen) atoms. The third-order valence-corrected chi connectivity index (χ3v) is 9.25. The standard InChI is InChI=1S/C30H30FN3O6/c1-3-30(39)18-9-22-26-16(11-34(22)28(37)17(18)12-40-29(30)38)25-20(33-27(36)23(35)8-14-4-5-14)7-6-15-13(2)19(31)10-21(32-26)24(15)25/h9-10,14,20,23,35,39H,3-8,11-12H2,1-2H3,(H,33,36)/t20-,23+,30+/m1/s1. The monoisotopic (exact) mass is 547 g/mol. The van der Waals surface area contributed by atoms with Crippen LogP contribution in [0.4, 0.5) is 4.39 Å². The number of hydrogen-bond donors (Lipinski definition) is 3. The van der Waals surface area contributed by atoms with E-state index in [4.69, 9.17) is 9.72 Å². The Bertz CT molecular complexity index is 1710. The van der Waals surface area contributed by atoms with Crippen LogP contribution >= 0.6 is 0 Å². The smallest absolute Gasteiger partial charge is 0.343 e. The van der Waals surface area contributed by atoms with Crippen LogP contribution in [0.5, 0.6) is 0 Å². The Kier molecular flexibility index (Phi) is 5.50. The lowest BCUT2D eigenvalue weighted by molar-refractivity contribution is -0.172. The van der Waals surface area contributed by atoms with E-state index < -0.39 is 29.6 Å². The van der Waals surface area contributed by atoms with Crippen LogP contribution in [0.2, 0.25) is 0 Å². The molecule has 0 bridgehead atoms. The molecule has 208 valence electrons. The van der Waals surface area contributed by atoms with E-state index in [9.17, 15) is 24.6 Å². The first-order valence-corrected chi connectivity index (χ1v) is 13.9. The zero-order valence-electron chi connectivity index (χ0n) is 22.3. The summed E-state index contributed by atoms with van der Waals surface area (Å²) < 4.78 is 21.8. The maximum absolute atomic E-state index is 15.0. The van der Waals surface area contributed by atoms with Crippen molar-refractivity contribution in [2.75, 3.05) is 0 Å². The molecular weight excluding hydrogens is 517 g/mol. The van der Waals surface area contributed by atoms with Gasteiger partial charge in [-0.3, -0.25) is 9.59 Å². The fourth-order valence-electron chi connectivity index (χ4n) is 6.74. The van der Waals surface area contributed by atoms with Crippen LogP contribution in [0.15, 0.2) is 16.9 Å². The van der Waals surface area contributed by atoms with Gasteiger partial charge in [0.1, 0.15) is 18.5 Å². The number of aliphatic hydroxyl groups is 2. The zero-order chi connectivity index (χ0) is 28.1. The normalized spacial score (nSPS) is 23.3. The van der Waals surface area contributed by atoms with Crippen LogP contribution in [0.3, 0.4) is 0 Å². The quantitative estimate of drug-likeness (QED) is 0.328. The van der Waals surface area contributed by atoms with Gasteiger partial charge in [-0.05, 0) is 61.3 Å². The molecule has 1 fully saturated rings. The van der Waals surface area contributed by atoms with Gasteiger partial charge in [0.15, 0.2) is 5.60 Å². The number of fused-ring (bicyclic) bond motifs is 5. The predicted octanol–water partition coefficient (Wildman–Crippen LogP) is 2.79. The molecule has 7 rings (SSSR count). The molecule has 1 saturated carbocycles. The second kappa shape index (κ2) is 8.68. The number of hydrogen-bond acceptors (Lipinski definition) is 7. The molecule has 2 aliphatic carbocycles. The fourth-order valence-corrected chi connectivity index (χ4v) is 6.74. The van der Waals surface area contributed by atoms with Crippen LogP contribution in [0.1, 0.15) is 78.5 Å². The molecule has 9 nitrogen and oxygen atoms in total. The number of pyridine rings is 2. The van der Waals surface area contributed by atoms with Crippen molar-refractivity contribution < 1.29 is 28.9 Å². The van der Waals surface area contributed by atoms with E-state index >= 15 is 4.39 Å². The number of carbonyl (C=O) groups excluding carboxylic acids is 2. The minimum Gasteiger partial charge on any atom is -0.458 e. The molecule has 0 unspecified atom stereocenters. The van der Waals surface area contributed by atoms with Gasteiger partial charge in [-0.2, -0.15) is 0 Å². The Morgan fingerprint density at radius 3 is 2.75 bits per heavy atom. The Labute approximate surface area is 229 Å². The average Bonchev–Trinajstić information content (AvgIpc) is 3.68. The van der Waals surface area contributed by atoms with E-state index in [0.29, 0.717) is 47.6 Å². The molecule has 0 spiro atoms. The van der Waals surface area contributed by atoms with Crippen molar-refractivity contribution in [1.29, 1.82) is 0 Å². The van der Waals surface area contributed by atoms with Crippen molar-refractivity contribution in [2.24, 2.45) is 5.92 Å². The fraction of sp³-hybridized carbons (Fsp3) is 0.467. The molecule has 0 saturated heterocycles. The van der Waals surface area contributed by atoms with Gasteiger partial charge in [0.2, 0.25) is 5.91 Å². The molecule has 3 atom stereocenters. The number of halogens is 1. The van der Waals surface area contributed by atoms with E-state index in [2.05, 4.69) is 5.32 Å². The minimum atomic E-state index is -1.96. The highest BCUT2D eigenvalue weighted by Gasteiger charge is 2.46. The number of aryl methyl sites for hydroxylation is 1. The zero-order valence-corrected chi connectivity index (χ0v) is 22.3. The van der Waals surface area contributed by atoms with E-state index in [-0.39, 0.29) is 42.1 Å². The van der Waals surface area contributed by atoms with Crippen LogP contribution < -0.4 is 10.9 Å². The maximum atomic E-state index is 15.0. The second-order valence-corrected chi connectivity index (χ2v) is 11.6. The molecule has 4 heterocycles. The Balaban J connectivity index is 1.42. The largest absolute Gasteiger partial charge is 0.458 e. The topological polar surface area (TPSA) is 131 Å². The Morgan fingerprint density at radius 2 is 2.02 bits per heavy atom. The summed E-state index contributed by atoms with van der Waals surface area (Å²) >= 11 is 0. The van der Waals surface area contributed by atoms with Crippen LogP contribution in [0.25, 0.3) is 22.3 Å². The lowest BCUT2D eigenvalue weighted by Crippen LogP contribution is -2.44. The Hall–Kier alpha value is -3.63. The molecule has 4 aliphatic rings. The number of rotatable bonds is 5. The molecule has 1 amide bonds. The van der Waals surface area contributed by atoms with Gasteiger partial charge in [-0.15, -0.1) is 0 Å². The summed E-state index contributed by atoms with van der Waals surface area (Å²) in [5.74, 6) is -1.25. The SMILES string of the molecule is CC[C@@]1(O)C(=O)OCc2c1cc1n(c2=O)Cc2c-1nc1cc(F)c(C)c3c1c2[C@H](NC(=O)[C@@H](O)CC1CC1)CC3. The first kappa shape index (κ1) is 25.3. The summed E-state index contributed by atoms with van der Waals surface area (Å²) in [5.41, 5.74) is 2.22. The molecule has 3 aromatic rings. The first-order chi connectivity index (χ1) is 19.1. The first-order valence-electron chi connectivity index (χ1n) is 13.9. The highest BCUT2D eigenvalue weighted by Crippen LogP contribution is 2.46. The third-order valence-electron chi connectivity index (χ3n) is 9.25. The van der Waals surface area contributed by atoms with E-state index in [1.807, 2.05) is 0 Å². The van der Waals surface area contributed by atoms with Crippen molar-refractivity contribution in [1.82, 2.24) is 14.9 Å². The van der Waals surface area contributed by atoms with E-state index in [1.165, 1.54) is 6.07 Å². The number of cyclic esters (lactones) is 1. The lowest BCUT2D eigenvalue weighted by atomic mass is 9.81. The maximum Gasteiger partial charge on any atom is 0.343 e. The number of nitrogens with zero attached hydrogens (tertiary/aromatic N) is 2. The van der Waals surface area contributed by atoms with Crippen molar-refractivity contribution in [3.8, 4) is 11.4 Å². The number of benzene rings is 1. The summed E-state index contributed by atoms with van der Waals surface area (Å²) in [5, 5.41) is 25.5. The van der Waals surface area contributed by atoms with Crippen molar-refractivity contribution in [3.05, 3.63) is 61.7 Å². The van der Waals surface area contributed by atoms with E-state index in [0.717, 1.165) is 34.9 Å². The summed E-state index contributed by atoms with van der Waals surface area (Å²) in [4.78, 5) is 44.1. The summed E-state index contributed by atoms with van der Waals surface area (Å²) in [6, 6.07) is 2.54. The lowest BCUT2D eigenvalue weighted by Gasteiger charge is -2.31. The molecule has 3 N–H and O–H groups in total. The number of esters is 1. The summed E-state index contributed by atoms with van der Waals surface area (Å²) in [7, 11) is 0. The summed E-state index contributed by atoms with van der Waals surface area (Å²) in [6.07, 6.45) is 2.42. The molecule has 0 radical (unpaired) electrons. The van der Waals surface area contributed by atoms with Gasteiger partial charge in [0.05, 0.1) is 35.1 Å². The average molecular weight is 548 g/mol. The van der Waals surface area contributed by atoms with Crippen LogP contribution in [-0.4, -0.2) is 37.7 Å². The summed E-state index contributed by atoms with van der Waals surface area (Å²) in [6.45, 7) is 3.30. The number of aromatic nitrogens is 2. The Morgan fingerprint density at radius 1 is 1.25 bits per heavy atom. The van der Waals surface area contributed by atoms with Crippen LogP contribution in [0, 0.1) is 18.7 Å². The number of amides is 1. The highest BCUT2D eigenvalue weighted by atomic mass is 19.1. The van der Waals surface area contributed by atoms with Gasteiger partial charge < -0.3 is 24.8 Å². The van der Waals surface area contributed by atoms with Crippen molar-refractivity contribution in [3.63, 3.8) is 0 Å². The molecular formula is C30H30FN3O6. The van der Waals surface area contributed by atoms with Gasteiger partial charge in [-0.1, -0.05) is 19.8 Å². The van der Waals surface area contributed by atoms with Crippen molar-refractivity contribution >= 4 is 22.8 Å². The van der Waals surface area contributed by atoms with Crippen LogP contribution in [-0.2, 0) is 39.5 Å². The second-order valence-electron chi connectivity index (χ2n) is 11.6. The third kappa shape index (κ3) is 3.51. The minimum absolute atomic E-state index is 0.0239. The van der Waals surface area contributed by atoms with Gasteiger partial charge in [0.25, 0.3) is 5.56 Å². The number of ether oxygens (including phenoxy) is 1. The number of nitrogens with one attached hydrogen (secondary N) is 1. The number of aliphatic hydroxyl groups excluding tert-OH is 1. The highest BCUT2D eigenvalue weighted by molar-refractivity contribution is 5.94. The molecule has 1 aromatic carbocycles. The molecule has 2 aromatic heterocycles. The predicted molar refractivity (Wildman–Crippen MR) is 142 cm³/mol. The van der Waals surface area contributed by atoms with Gasteiger partial charge >= 0.3 is 5.97 Å². The molecule has 2 aliphatic heterocycles.